The van der Waals surface area contributed by atoms with Gasteiger partial charge in [0.25, 0.3) is 0 Å². The van der Waals surface area contributed by atoms with Crippen LogP contribution in [0.5, 0.6) is 5.88 Å². The number of ether oxygens (including phenoxy) is 2. The quantitative estimate of drug-likeness (QED) is 0.448. The molecule has 6 atom stereocenters. The van der Waals surface area contributed by atoms with Crippen LogP contribution in [0.1, 0.15) is 84.4 Å². The molecule has 0 radical (unpaired) electrons. The van der Waals surface area contributed by atoms with Crippen molar-refractivity contribution < 1.29 is 37.0 Å². The Morgan fingerprint density at radius 1 is 1.05 bits per heavy atom. The van der Waals surface area contributed by atoms with E-state index in [0.29, 0.717) is 24.1 Å². The number of halogens is 3. The van der Waals surface area contributed by atoms with E-state index in [9.17, 15) is 27.6 Å². The Morgan fingerprint density at radius 3 is 2.45 bits per heavy atom. The number of rotatable bonds is 2. The van der Waals surface area contributed by atoms with Gasteiger partial charge in [0.1, 0.15) is 23.9 Å². The molecule has 2 bridgehead atoms. The van der Waals surface area contributed by atoms with Crippen LogP contribution < -0.4 is 10.1 Å². The van der Waals surface area contributed by atoms with E-state index in [1.54, 1.807) is 0 Å². The Balaban J connectivity index is 1.55. The lowest BCUT2D eigenvalue weighted by molar-refractivity contribution is -0.141. The molecule has 2 amide bonds. The van der Waals surface area contributed by atoms with Crippen LogP contribution in [0.4, 0.5) is 18.0 Å². The predicted molar refractivity (Wildman–Crippen MR) is 156 cm³/mol. The van der Waals surface area contributed by atoms with Crippen LogP contribution in [-0.4, -0.2) is 63.5 Å². The van der Waals surface area contributed by atoms with Gasteiger partial charge in [-0.2, -0.15) is 13.2 Å². The predicted octanol–water partition coefficient (Wildman–Crippen LogP) is 5.87. The second kappa shape index (κ2) is 12.2. The lowest BCUT2D eigenvalue weighted by Gasteiger charge is -2.35. The van der Waals surface area contributed by atoms with Crippen LogP contribution in [0.25, 0.3) is 11.0 Å². The van der Waals surface area contributed by atoms with Crippen molar-refractivity contribution in [2.24, 2.45) is 17.3 Å². The first-order chi connectivity index (χ1) is 20.7. The highest BCUT2D eigenvalue weighted by molar-refractivity contribution is 5.92. The average molecular weight is 619 g/mol. The zero-order valence-electron chi connectivity index (χ0n) is 25.9. The van der Waals surface area contributed by atoms with Crippen molar-refractivity contribution in [2.75, 3.05) is 6.54 Å². The molecule has 1 aromatic heterocycles. The number of fused-ring (bicyclic) bond motifs is 5. The molecular formula is C32H41F3N4O5. The van der Waals surface area contributed by atoms with E-state index in [1.165, 1.54) is 17.9 Å². The minimum absolute atomic E-state index is 0.0390. The lowest BCUT2D eigenvalue weighted by Crippen LogP contribution is -2.57. The van der Waals surface area contributed by atoms with Gasteiger partial charge < -0.3 is 19.7 Å². The van der Waals surface area contributed by atoms with Crippen molar-refractivity contribution in [1.82, 2.24) is 20.2 Å². The number of hydrogen-bond donors (Lipinski definition) is 1. The van der Waals surface area contributed by atoms with Gasteiger partial charge in [-0.05, 0) is 68.6 Å². The number of amides is 2. The number of alkyl halides is 3. The average Bonchev–Trinajstić information content (AvgIpc) is 3.55. The number of carbonyl (C=O) groups is 3. The van der Waals surface area contributed by atoms with Crippen LogP contribution in [0, 0.1) is 17.3 Å². The molecule has 0 spiro atoms. The van der Waals surface area contributed by atoms with Gasteiger partial charge in [-0.3, -0.25) is 9.59 Å². The molecule has 1 saturated carbocycles. The summed E-state index contributed by atoms with van der Waals surface area (Å²) >= 11 is 0. The SMILES string of the molecule is CC[C@@H]1[C@@H]2CN(C(=O)[C@H](C(C)(C)C)NC(=O)O[C@@H]3C[C@H]3CCCCCc3nc4ccc(C(F)(F)F)cc4nc3O2)[C@@H]1C(C)=O. The molecule has 3 aliphatic rings. The summed E-state index contributed by atoms with van der Waals surface area (Å²) in [6, 6.07) is 1.49. The normalized spacial score (nSPS) is 28.6. The number of ketones is 1. The van der Waals surface area contributed by atoms with Gasteiger partial charge in [0.2, 0.25) is 11.8 Å². The van der Waals surface area contributed by atoms with Gasteiger partial charge in [-0.25, -0.2) is 14.8 Å². The highest BCUT2D eigenvalue weighted by atomic mass is 19.4. The molecule has 1 saturated heterocycles. The van der Waals surface area contributed by atoms with Crippen molar-refractivity contribution >= 4 is 28.8 Å². The van der Waals surface area contributed by atoms with Gasteiger partial charge in [0, 0.05) is 5.92 Å². The van der Waals surface area contributed by atoms with Crippen molar-refractivity contribution in [3.8, 4) is 5.88 Å². The fraction of sp³-hybridized carbons (Fsp3) is 0.656. The molecule has 1 aromatic carbocycles. The standard InChI is InChI=1S/C32H41F3N4O5/c1-6-20-25-16-39(26(20)17(2)40)29(41)27(31(3,4)5)38-30(42)44-24-14-18(24)10-8-7-9-11-22-28(43-25)37-23-15-19(32(33,34)35)12-13-21(23)36-22/h12-13,15,18,20,24-27H,6-11,14,16H2,1-5H3,(H,38,42)/t18-,20-,24-,25+,26-,27-/m1/s1. The van der Waals surface area contributed by atoms with E-state index in [1.807, 2.05) is 27.7 Å². The number of alkyl carbamates (subject to hydrolysis) is 1. The van der Waals surface area contributed by atoms with Gasteiger partial charge in [-0.1, -0.05) is 40.5 Å². The number of Topliss-reactive ketones (excluding diaryl/α,β-unsaturated/α-hetero) is 1. The lowest BCUT2D eigenvalue weighted by atomic mass is 9.85. The van der Waals surface area contributed by atoms with Gasteiger partial charge in [0.05, 0.1) is 29.2 Å². The molecule has 0 unspecified atom stereocenters. The van der Waals surface area contributed by atoms with Crippen LogP contribution >= 0.6 is 0 Å². The van der Waals surface area contributed by atoms with Crippen LogP contribution in [-0.2, 0) is 26.9 Å². The van der Waals surface area contributed by atoms with Crippen molar-refractivity contribution in [3.63, 3.8) is 0 Å². The van der Waals surface area contributed by atoms with Crippen molar-refractivity contribution in [1.29, 1.82) is 0 Å². The van der Waals surface area contributed by atoms with Gasteiger partial charge in [-0.15, -0.1) is 0 Å². The summed E-state index contributed by atoms with van der Waals surface area (Å²) in [5, 5.41) is 2.78. The maximum atomic E-state index is 14.1. The maximum absolute atomic E-state index is 14.1. The summed E-state index contributed by atoms with van der Waals surface area (Å²) in [6.07, 6.45) is -0.860. The number of benzene rings is 1. The second-order valence-corrected chi connectivity index (χ2v) is 13.4. The summed E-state index contributed by atoms with van der Waals surface area (Å²) in [6.45, 7) is 8.85. The monoisotopic (exact) mass is 618 g/mol. The fourth-order valence-corrected chi connectivity index (χ4v) is 6.54. The smallest absolute Gasteiger partial charge is 0.416 e. The minimum atomic E-state index is -4.54. The summed E-state index contributed by atoms with van der Waals surface area (Å²) < 4.78 is 52.6. The third kappa shape index (κ3) is 6.78. The van der Waals surface area contributed by atoms with E-state index in [-0.39, 0.29) is 35.7 Å². The Morgan fingerprint density at radius 2 is 1.80 bits per heavy atom. The molecular weight excluding hydrogens is 577 g/mol. The fourth-order valence-electron chi connectivity index (χ4n) is 6.54. The number of nitrogens with one attached hydrogen (secondary N) is 1. The summed E-state index contributed by atoms with van der Waals surface area (Å²) in [5.74, 6) is -0.679. The number of aryl methyl sites for hydroxylation is 1. The summed E-state index contributed by atoms with van der Waals surface area (Å²) in [5.41, 5.74) is -0.614. The number of aromatic nitrogens is 2. The molecule has 12 heteroatoms. The number of nitrogens with zero attached hydrogens (tertiary/aromatic N) is 3. The first-order valence-corrected chi connectivity index (χ1v) is 15.5. The number of carbonyl (C=O) groups excluding carboxylic acids is 3. The molecule has 240 valence electrons. The van der Waals surface area contributed by atoms with E-state index in [4.69, 9.17) is 9.47 Å². The Kier molecular flexibility index (Phi) is 8.83. The Labute approximate surface area is 255 Å². The zero-order chi connectivity index (χ0) is 32.0. The van der Waals surface area contributed by atoms with Gasteiger partial charge >= 0.3 is 12.3 Å². The van der Waals surface area contributed by atoms with Crippen LogP contribution in [0.15, 0.2) is 18.2 Å². The molecule has 2 aliphatic heterocycles. The largest absolute Gasteiger partial charge is 0.471 e. The molecule has 1 aliphatic carbocycles. The highest BCUT2D eigenvalue weighted by Crippen LogP contribution is 2.39. The maximum Gasteiger partial charge on any atom is 0.416 e. The topological polar surface area (TPSA) is 111 Å². The van der Waals surface area contributed by atoms with Gasteiger partial charge in [0.15, 0.2) is 5.78 Å². The Hall–Kier alpha value is -3.44. The third-order valence-corrected chi connectivity index (χ3v) is 9.04. The molecule has 1 N–H and O–H groups in total. The Bertz CT molecular complexity index is 1430. The first kappa shape index (κ1) is 32.0. The van der Waals surface area contributed by atoms with E-state index in [2.05, 4.69) is 15.3 Å². The summed E-state index contributed by atoms with van der Waals surface area (Å²) in [4.78, 5) is 50.7. The number of hydrogen-bond acceptors (Lipinski definition) is 7. The second-order valence-electron chi connectivity index (χ2n) is 13.4. The molecule has 9 nitrogen and oxygen atoms in total. The van der Waals surface area contributed by atoms with Crippen molar-refractivity contribution in [3.05, 3.63) is 29.5 Å². The molecule has 2 fully saturated rings. The third-order valence-electron chi connectivity index (χ3n) is 9.04. The first-order valence-electron chi connectivity index (χ1n) is 15.5. The minimum Gasteiger partial charge on any atom is -0.471 e. The van der Waals surface area contributed by atoms with E-state index in [0.717, 1.165) is 44.2 Å². The van der Waals surface area contributed by atoms with Crippen molar-refractivity contribution in [2.45, 2.75) is 110 Å². The van der Waals surface area contributed by atoms with E-state index >= 15 is 0 Å². The molecule has 3 heterocycles. The molecule has 2 aromatic rings. The molecule has 44 heavy (non-hydrogen) atoms. The summed E-state index contributed by atoms with van der Waals surface area (Å²) in [7, 11) is 0. The molecule has 5 rings (SSSR count). The van der Waals surface area contributed by atoms with Crippen LogP contribution in [0.3, 0.4) is 0 Å². The van der Waals surface area contributed by atoms with E-state index < -0.39 is 53.3 Å². The van der Waals surface area contributed by atoms with Crippen LogP contribution in [0.2, 0.25) is 0 Å². The zero-order valence-corrected chi connectivity index (χ0v) is 25.9. The highest BCUT2D eigenvalue weighted by Gasteiger charge is 2.50.